The largest absolute Gasteiger partial charge is 0.497 e. The molecule has 0 aliphatic heterocycles. The lowest BCUT2D eigenvalue weighted by Crippen LogP contribution is -2.38. The van der Waals surface area contributed by atoms with E-state index < -0.39 is 22.5 Å². The van der Waals surface area contributed by atoms with Gasteiger partial charge in [0.2, 0.25) is 11.0 Å². The molecule has 0 bridgehead atoms. The summed E-state index contributed by atoms with van der Waals surface area (Å²) in [7, 11) is -2.42. The number of nitrogens with one attached hydrogen (secondary N) is 1. The van der Waals surface area contributed by atoms with Crippen molar-refractivity contribution in [2.45, 2.75) is 25.7 Å². The van der Waals surface area contributed by atoms with Gasteiger partial charge >= 0.3 is 0 Å². The zero-order valence-corrected chi connectivity index (χ0v) is 22.0. The number of aromatic nitrogens is 2. The Bertz CT molecular complexity index is 1460. The molecule has 4 rings (SSSR count). The van der Waals surface area contributed by atoms with Crippen LogP contribution in [0.3, 0.4) is 0 Å². The molecule has 1 N–H and O–H groups in total. The van der Waals surface area contributed by atoms with E-state index in [0.717, 1.165) is 32.3 Å². The van der Waals surface area contributed by atoms with E-state index in [0.29, 0.717) is 10.7 Å². The molecule has 0 aliphatic carbocycles. The fourth-order valence-corrected chi connectivity index (χ4v) is 5.83. The molecule has 36 heavy (non-hydrogen) atoms. The maximum absolute atomic E-state index is 13.6. The number of benzene rings is 3. The van der Waals surface area contributed by atoms with Crippen LogP contribution in [0.4, 0.5) is 10.8 Å². The van der Waals surface area contributed by atoms with E-state index in [2.05, 4.69) is 15.5 Å². The number of ether oxygens (including phenoxy) is 1. The van der Waals surface area contributed by atoms with Crippen molar-refractivity contribution in [1.82, 2.24) is 10.2 Å². The number of nitrogens with zero attached hydrogens (tertiary/aromatic N) is 3. The van der Waals surface area contributed by atoms with Gasteiger partial charge in [-0.15, -0.1) is 10.2 Å². The van der Waals surface area contributed by atoms with Gasteiger partial charge in [-0.2, -0.15) is 0 Å². The Morgan fingerprint density at radius 3 is 2.17 bits per heavy atom. The van der Waals surface area contributed by atoms with Gasteiger partial charge in [-0.1, -0.05) is 35.1 Å². The van der Waals surface area contributed by atoms with Crippen molar-refractivity contribution in [2.24, 2.45) is 0 Å². The molecule has 0 spiro atoms. The Labute approximate surface area is 214 Å². The molecule has 8 nitrogen and oxygen atoms in total. The Morgan fingerprint density at radius 1 is 0.917 bits per heavy atom. The van der Waals surface area contributed by atoms with E-state index in [4.69, 9.17) is 4.74 Å². The number of hydrogen-bond donors (Lipinski definition) is 1. The Morgan fingerprint density at radius 2 is 1.56 bits per heavy atom. The van der Waals surface area contributed by atoms with Gasteiger partial charge in [0.25, 0.3) is 10.0 Å². The summed E-state index contributed by atoms with van der Waals surface area (Å²) in [6.07, 6.45) is 0. The lowest BCUT2D eigenvalue weighted by molar-refractivity contribution is -0.114. The number of sulfonamides is 1. The molecule has 10 heteroatoms. The second kappa shape index (κ2) is 10.5. The van der Waals surface area contributed by atoms with Crippen LogP contribution in [-0.2, 0) is 14.8 Å². The van der Waals surface area contributed by atoms with Crippen molar-refractivity contribution in [3.05, 3.63) is 83.4 Å². The maximum Gasteiger partial charge on any atom is 0.264 e. The first-order valence-electron chi connectivity index (χ1n) is 11.1. The summed E-state index contributed by atoms with van der Waals surface area (Å²) < 4.78 is 33.5. The summed E-state index contributed by atoms with van der Waals surface area (Å²) >= 11 is 1.20. The van der Waals surface area contributed by atoms with Crippen molar-refractivity contribution in [2.75, 3.05) is 23.3 Å². The zero-order valence-electron chi connectivity index (χ0n) is 20.3. The van der Waals surface area contributed by atoms with E-state index in [1.165, 1.54) is 11.3 Å². The van der Waals surface area contributed by atoms with Gasteiger partial charge in [-0.3, -0.25) is 14.4 Å². The molecule has 0 saturated carbocycles. The fraction of sp³-hybridized carbons (Fsp3) is 0.192. The highest BCUT2D eigenvalue weighted by Gasteiger charge is 2.28. The molecular weight excluding hydrogens is 496 g/mol. The first kappa shape index (κ1) is 25.3. The lowest BCUT2D eigenvalue weighted by Gasteiger charge is -2.24. The predicted octanol–water partition coefficient (Wildman–Crippen LogP) is 4.97. The van der Waals surface area contributed by atoms with E-state index in [1.807, 2.05) is 51.1 Å². The van der Waals surface area contributed by atoms with E-state index >= 15 is 0 Å². The molecule has 1 heterocycles. The summed E-state index contributed by atoms with van der Waals surface area (Å²) in [5.41, 5.74) is 3.96. The maximum atomic E-state index is 13.6. The van der Waals surface area contributed by atoms with Crippen molar-refractivity contribution >= 4 is 38.1 Å². The minimum Gasteiger partial charge on any atom is -0.497 e. The van der Waals surface area contributed by atoms with Gasteiger partial charge in [0, 0.05) is 5.56 Å². The molecule has 0 saturated heterocycles. The van der Waals surface area contributed by atoms with Gasteiger partial charge in [0.05, 0.1) is 17.7 Å². The van der Waals surface area contributed by atoms with Crippen LogP contribution < -0.4 is 14.4 Å². The number of methoxy groups -OCH3 is 1. The van der Waals surface area contributed by atoms with Crippen LogP contribution in [0.5, 0.6) is 5.75 Å². The number of carbonyl (C=O) groups is 1. The van der Waals surface area contributed by atoms with Gasteiger partial charge < -0.3 is 4.74 Å². The quantitative estimate of drug-likeness (QED) is 0.351. The highest BCUT2D eigenvalue weighted by atomic mass is 32.2. The normalized spacial score (nSPS) is 11.2. The number of hydrogen-bond acceptors (Lipinski definition) is 7. The van der Waals surface area contributed by atoms with Crippen LogP contribution in [0.1, 0.15) is 16.7 Å². The average molecular weight is 523 g/mol. The number of carbonyl (C=O) groups excluding carboxylic acids is 1. The third kappa shape index (κ3) is 5.72. The smallest absolute Gasteiger partial charge is 0.264 e. The van der Waals surface area contributed by atoms with E-state index in [1.54, 1.807) is 43.5 Å². The Hall–Kier alpha value is -3.76. The lowest BCUT2D eigenvalue weighted by atomic mass is 10.1. The molecule has 1 amide bonds. The van der Waals surface area contributed by atoms with Crippen molar-refractivity contribution < 1.29 is 17.9 Å². The molecule has 0 aliphatic rings. The van der Waals surface area contributed by atoms with Gasteiger partial charge in [-0.05, 0) is 80.4 Å². The van der Waals surface area contributed by atoms with Crippen LogP contribution in [0.15, 0.2) is 71.6 Å². The molecule has 186 valence electrons. The topological polar surface area (TPSA) is 101 Å². The molecule has 0 fully saturated rings. The van der Waals surface area contributed by atoms with Crippen molar-refractivity contribution in [3.8, 4) is 16.3 Å². The molecule has 0 radical (unpaired) electrons. The van der Waals surface area contributed by atoms with Gasteiger partial charge in [-0.25, -0.2) is 8.42 Å². The number of amides is 1. The molecule has 0 atom stereocenters. The second-order valence-corrected chi connectivity index (χ2v) is 11.2. The zero-order chi connectivity index (χ0) is 25.9. The monoisotopic (exact) mass is 522 g/mol. The highest BCUT2D eigenvalue weighted by molar-refractivity contribution is 7.92. The van der Waals surface area contributed by atoms with Crippen LogP contribution in [0, 0.1) is 20.8 Å². The Kier molecular flexibility index (Phi) is 7.37. The summed E-state index contributed by atoms with van der Waals surface area (Å²) in [6.45, 7) is 5.23. The first-order valence-corrected chi connectivity index (χ1v) is 13.4. The van der Waals surface area contributed by atoms with Gasteiger partial charge in [0.15, 0.2) is 0 Å². The first-order chi connectivity index (χ1) is 17.2. The summed E-state index contributed by atoms with van der Waals surface area (Å²) in [5, 5.41) is 11.8. The number of anilines is 2. The minimum absolute atomic E-state index is 0.109. The molecule has 1 aromatic heterocycles. The van der Waals surface area contributed by atoms with Crippen molar-refractivity contribution in [3.63, 3.8) is 0 Å². The van der Waals surface area contributed by atoms with Crippen LogP contribution in [0.2, 0.25) is 0 Å². The van der Waals surface area contributed by atoms with Crippen LogP contribution in [-0.4, -0.2) is 38.2 Å². The molecule has 4 aromatic rings. The second-order valence-electron chi connectivity index (χ2n) is 8.36. The SMILES string of the molecule is COc1ccc(-c2nnc(NC(=O)CN(c3cc(C)cc(C)c3)S(=O)(=O)c3ccc(C)cc3)s2)cc1. The van der Waals surface area contributed by atoms with E-state index in [9.17, 15) is 13.2 Å². The predicted molar refractivity (Wildman–Crippen MR) is 142 cm³/mol. The van der Waals surface area contributed by atoms with E-state index in [-0.39, 0.29) is 10.0 Å². The molecule has 0 unspecified atom stereocenters. The highest BCUT2D eigenvalue weighted by Crippen LogP contribution is 2.29. The third-order valence-corrected chi connectivity index (χ3v) is 8.07. The minimum atomic E-state index is -4.01. The van der Waals surface area contributed by atoms with Crippen LogP contribution in [0.25, 0.3) is 10.6 Å². The standard InChI is InChI=1S/C26H26N4O4S2/c1-17-5-11-23(12-6-17)36(32,33)30(21-14-18(2)13-19(3)15-21)16-24(31)27-26-29-28-25(35-26)20-7-9-22(34-4)10-8-20/h5-15H,16H2,1-4H3,(H,27,29,31). The fourth-order valence-electron chi connectivity index (χ4n) is 3.66. The third-order valence-electron chi connectivity index (χ3n) is 5.40. The average Bonchev–Trinajstić information content (AvgIpc) is 3.30. The number of aryl methyl sites for hydroxylation is 3. The van der Waals surface area contributed by atoms with Crippen molar-refractivity contribution in [1.29, 1.82) is 0 Å². The summed E-state index contributed by atoms with van der Waals surface area (Å²) in [4.78, 5) is 13.1. The number of rotatable bonds is 8. The summed E-state index contributed by atoms with van der Waals surface area (Å²) in [6, 6.07) is 19.3. The van der Waals surface area contributed by atoms with Crippen LogP contribution >= 0.6 is 11.3 Å². The summed E-state index contributed by atoms with van der Waals surface area (Å²) in [5.74, 6) is 0.195. The molecule has 3 aromatic carbocycles. The Balaban J connectivity index is 1.60. The van der Waals surface area contributed by atoms with Gasteiger partial charge in [0.1, 0.15) is 17.3 Å². The molecular formula is C26H26N4O4S2.